The highest BCUT2D eigenvalue weighted by Gasteiger charge is 2.66. The monoisotopic (exact) mass is 349 g/mol. The van der Waals surface area contributed by atoms with Crippen LogP contribution in [-0.2, 0) is 6.42 Å². The summed E-state index contributed by atoms with van der Waals surface area (Å²) >= 11 is 3.59. The lowest BCUT2D eigenvalue weighted by Gasteiger charge is -2.21. The number of hydrogen-bond donors (Lipinski definition) is 1. The number of nitrogens with one attached hydrogen (secondary N) is 1. The Kier molecular flexibility index (Phi) is 3.54. The minimum atomic E-state index is 0.603. The van der Waals surface area contributed by atoms with Gasteiger partial charge in [-0.25, -0.2) is 0 Å². The lowest BCUT2D eigenvalue weighted by molar-refractivity contribution is 0.367. The van der Waals surface area contributed by atoms with Crippen molar-refractivity contribution in [3.63, 3.8) is 0 Å². The van der Waals surface area contributed by atoms with E-state index in [-0.39, 0.29) is 0 Å². The van der Waals surface area contributed by atoms with Crippen molar-refractivity contribution in [2.24, 2.45) is 29.6 Å². The number of ether oxygens (including phenoxy) is 1. The fourth-order valence-corrected chi connectivity index (χ4v) is 5.91. The smallest absolute Gasteiger partial charge is 0.122 e. The molecule has 5 unspecified atom stereocenters. The van der Waals surface area contributed by atoms with E-state index >= 15 is 0 Å². The topological polar surface area (TPSA) is 21.3 Å². The zero-order chi connectivity index (χ0) is 14.6. The fraction of sp³-hybridized carbons (Fsp3) is 0.667. The van der Waals surface area contributed by atoms with Crippen LogP contribution in [0, 0.1) is 29.6 Å². The van der Waals surface area contributed by atoms with Crippen LogP contribution < -0.4 is 10.1 Å². The summed E-state index contributed by atoms with van der Waals surface area (Å²) in [5, 5.41) is 3.61. The van der Waals surface area contributed by atoms with Gasteiger partial charge in [-0.1, -0.05) is 15.9 Å². The van der Waals surface area contributed by atoms with Crippen LogP contribution in [0.25, 0.3) is 0 Å². The third-order valence-corrected chi connectivity index (χ3v) is 6.81. The number of benzene rings is 1. The quantitative estimate of drug-likeness (QED) is 0.870. The molecule has 1 N–H and O–H groups in total. The molecular formula is C18H24BrNO. The van der Waals surface area contributed by atoms with Gasteiger partial charge in [0.15, 0.2) is 0 Å². The summed E-state index contributed by atoms with van der Waals surface area (Å²) in [5.41, 5.74) is 1.32. The number of likely N-dealkylation sites (N-methyl/N-ethyl adjacent to an activating group) is 1. The van der Waals surface area contributed by atoms with Crippen LogP contribution in [0.15, 0.2) is 22.7 Å². The molecule has 0 aromatic heterocycles. The van der Waals surface area contributed by atoms with Gasteiger partial charge in [-0.2, -0.15) is 0 Å². The van der Waals surface area contributed by atoms with Crippen LogP contribution in [0.2, 0.25) is 0 Å². The Hall–Kier alpha value is -0.540. The van der Waals surface area contributed by atoms with Gasteiger partial charge in [0.1, 0.15) is 5.75 Å². The highest BCUT2D eigenvalue weighted by Crippen LogP contribution is 2.70. The molecule has 3 heteroatoms. The van der Waals surface area contributed by atoms with Gasteiger partial charge in [-0.15, -0.1) is 0 Å². The first-order valence-corrected chi connectivity index (χ1v) is 9.02. The highest BCUT2D eigenvalue weighted by molar-refractivity contribution is 9.10. The molecule has 0 spiro atoms. The predicted octanol–water partition coefficient (Wildman–Crippen LogP) is 3.88. The molecule has 5 atom stereocenters. The summed E-state index contributed by atoms with van der Waals surface area (Å²) in [6.45, 7) is 0. The molecule has 2 nitrogen and oxygen atoms in total. The highest BCUT2D eigenvalue weighted by atomic mass is 79.9. The molecule has 1 aromatic rings. The van der Waals surface area contributed by atoms with Gasteiger partial charge >= 0.3 is 0 Å². The molecule has 0 saturated heterocycles. The molecule has 3 aliphatic rings. The average molecular weight is 350 g/mol. The summed E-state index contributed by atoms with van der Waals surface area (Å²) in [6, 6.07) is 6.95. The molecule has 1 aromatic carbocycles. The lowest BCUT2D eigenvalue weighted by atomic mass is 9.93. The zero-order valence-electron chi connectivity index (χ0n) is 12.8. The molecule has 0 heterocycles. The Morgan fingerprint density at radius 1 is 1.29 bits per heavy atom. The van der Waals surface area contributed by atoms with Gasteiger partial charge in [0, 0.05) is 10.5 Å². The lowest BCUT2D eigenvalue weighted by Crippen LogP contribution is -2.32. The molecule has 3 aliphatic carbocycles. The summed E-state index contributed by atoms with van der Waals surface area (Å²) < 4.78 is 6.69. The van der Waals surface area contributed by atoms with Crippen LogP contribution in [0.4, 0.5) is 0 Å². The Morgan fingerprint density at radius 3 is 2.62 bits per heavy atom. The molecule has 114 valence electrons. The molecule has 0 aliphatic heterocycles. The van der Waals surface area contributed by atoms with Gasteiger partial charge in [0.25, 0.3) is 0 Å². The van der Waals surface area contributed by atoms with E-state index in [2.05, 4.69) is 46.5 Å². The van der Waals surface area contributed by atoms with Crippen molar-refractivity contribution in [2.45, 2.75) is 31.7 Å². The van der Waals surface area contributed by atoms with Crippen molar-refractivity contribution >= 4 is 15.9 Å². The van der Waals surface area contributed by atoms with E-state index in [1.54, 1.807) is 7.11 Å². The van der Waals surface area contributed by atoms with Crippen molar-refractivity contribution in [3.8, 4) is 5.75 Å². The maximum absolute atomic E-state index is 5.55. The normalized spacial score (nSPS) is 37.4. The summed E-state index contributed by atoms with van der Waals surface area (Å²) in [4.78, 5) is 0. The minimum absolute atomic E-state index is 0.603. The van der Waals surface area contributed by atoms with Gasteiger partial charge < -0.3 is 10.1 Å². The number of halogens is 1. The molecule has 3 saturated carbocycles. The van der Waals surface area contributed by atoms with Crippen LogP contribution >= 0.6 is 15.9 Å². The van der Waals surface area contributed by atoms with E-state index in [0.717, 1.165) is 46.2 Å². The number of methoxy groups -OCH3 is 1. The van der Waals surface area contributed by atoms with E-state index < -0.39 is 0 Å². The number of hydrogen-bond acceptors (Lipinski definition) is 2. The first kappa shape index (κ1) is 14.1. The molecule has 2 bridgehead atoms. The van der Waals surface area contributed by atoms with Crippen molar-refractivity contribution in [3.05, 3.63) is 28.2 Å². The molecule has 3 fully saturated rings. The molecule has 21 heavy (non-hydrogen) atoms. The number of rotatable bonds is 5. The fourth-order valence-electron chi connectivity index (χ4n) is 5.50. The van der Waals surface area contributed by atoms with Gasteiger partial charge in [-0.05, 0) is 86.1 Å². The predicted molar refractivity (Wildman–Crippen MR) is 88.5 cm³/mol. The Balaban J connectivity index is 1.52. The third kappa shape index (κ3) is 2.24. The molecule has 0 amide bonds. The maximum atomic E-state index is 5.55. The average Bonchev–Trinajstić information content (AvgIpc) is 2.91. The minimum Gasteiger partial charge on any atom is -0.496 e. The van der Waals surface area contributed by atoms with Crippen LogP contribution in [0.1, 0.15) is 24.8 Å². The summed E-state index contributed by atoms with van der Waals surface area (Å²) in [5.74, 6) is 6.08. The first-order valence-electron chi connectivity index (χ1n) is 8.22. The summed E-state index contributed by atoms with van der Waals surface area (Å²) in [7, 11) is 3.90. The molecule has 0 radical (unpaired) electrons. The van der Waals surface area contributed by atoms with Gasteiger partial charge in [0.05, 0.1) is 7.11 Å². The van der Waals surface area contributed by atoms with E-state index in [1.165, 1.54) is 24.8 Å². The largest absolute Gasteiger partial charge is 0.496 e. The van der Waals surface area contributed by atoms with Crippen LogP contribution in [0.3, 0.4) is 0 Å². The Bertz CT molecular complexity index is 530. The Labute approximate surface area is 135 Å². The van der Waals surface area contributed by atoms with Crippen molar-refractivity contribution < 1.29 is 4.74 Å². The molecule has 4 rings (SSSR count). The second-order valence-corrected chi connectivity index (χ2v) is 8.04. The van der Waals surface area contributed by atoms with Crippen molar-refractivity contribution in [1.82, 2.24) is 5.32 Å². The standard InChI is InChI=1S/C18H24BrNO/c1-20-14(9-12-8-13(19)5-6-15(12)21-2)18-16-10-3-4-11(7-10)17(16)18/h5-6,8,10-11,14,16-18,20H,3-4,7,9H2,1-2H3. The summed E-state index contributed by atoms with van der Waals surface area (Å²) in [6.07, 6.45) is 5.61. The van der Waals surface area contributed by atoms with Crippen molar-refractivity contribution in [2.75, 3.05) is 14.2 Å². The molecular weight excluding hydrogens is 326 g/mol. The first-order chi connectivity index (χ1) is 10.2. The van der Waals surface area contributed by atoms with E-state index in [0.29, 0.717) is 6.04 Å². The number of fused-ring (bicyclic) bond motifs is 5. The third-order valence-electron chi connectivity index (χ3n) is 6.31. The second-order valence-electron chi connectivity index (χ2n) is 7.12. The Morgan fingerprint density at radius 2 is 2.00 bits per heavy atom. The zero-order valence-corrected chi connectivity index (χ0v) is 14.4. The SMILES string of the molecule is CNC(Cc1cc(Br)ccc1OC)C1C2C3CCC(C3)C21. The van der Waals surface area contributed by atoms with Gasteiger partial charge in [-0.3, -0.25) is 0 Å². The van der Waals surface area contributed by atoms with E-state index in [1.807, 2.05) is 0 Å². The van der Waals surface area contributed by atoms with Crippen molar-refractivity contribution in [1.29, 1.82) is 0 Å². The maximum Gasteiger partial charge on any atom is 0.122 e. The second kappa shape index (κ2) is 5.27. The van der Waals surface area contributed by atoms with Crippen LogP contribution in [0.5, 0.6) is 5.75 Å². The van der Waals surface area contributed by atoms with E-state index in [9.17, 15) is 0 Å². The van der Waals surface area contributed by atoms with E-state index in [4.69, 9.17) is 4.74 Å². The van der Waals surface area contributed by atoms with Crippen LogP contribution in [-0.4, -0.2) is 20.2 Å². The van der Waals surface area contributed by atoms with Gasteiger partial charge in [0.2, 0.25) is 0 Å².